The Labute approximate surface area is 115 Å². The molecule has 2 aromatic rings. The fourth-order valence-electron chi connectivity index (χ4n) is 1.99. The summed E-state index contributed by atoms with van der Waals surface area (Å²) in [5.41, 5.74) is 1.45. The molecule has 0 atom stereocenters. The molecule has 0 aliphatic heterocycles. The Balaban J connectivity index is 1.84. The van der Waals surface area contributed by atoms with Crippen LogP contribution in [0.5, 0.6) is 0 Å². The lowest BCUT2D eigenvalue weighted by atomic mass is 10.1. The molecule has 0 saturated heterocycles. The molecule has 1 aromatic heterocycles. The van der Waals surface area contributed by atoms with Gasteiger partial charge >= 0.3 is 0 Å². The van der Waals surface area contributed by atoms with Crippen molar-refractivity contribution in [2.45, 2.75) is 18.9 Å². The molecule has 1 amide bonds. The molecular weight excluding hydrogens is 254 g/mol. The maximum atomic E-state index is 11.7. The van der Waals surface area contributed by atoms with Crippen LogP contribution in [0, 0.1) is 11.3 Å². The summed E-state index contributed by atoms with van der Waals surface area (Å²) in [6, 6.07) is 9.71. The predicted molar refractivity (Wildman–Crippen MR) is 73.9 cm³/mol. The minimum Gasteiger partial charge on any atom is -0.373 e. The summed E-state index contributed by atoms with van der Waals surface area (Å²) in [6.45, 7) is 0.126. The number of fused-ring (bicyclic) bond motifs is 1. The van der Waals surface area contributed by atoms with Crippen LogP contribution < -0.4 is 10.6 Å². The van der Waals surface area contributed by atoms with E-state index < -0.39 is 0 Å². The van der Waals surface area contributed by atoms with E-state index in [2.05, 4.69) is 20.8 Å². The quantitative estimate of drug-likeness (QED) is 0.868. The number of carbonyl (C=O) groups excluding carboxylic acids is 1. The Morgan fingerprint density at radius 3 is 2.90 bits per heavy atom. The van der Waals surface area contributed by atoms with Gasteiger partial charge < -0.3 is 10.6 Å². The van der Waals surface area contributed by atoms with Gasteiger partial charge in [-0.15, -0.1) is 10.2 Å². The Bertz CT molecular complexity index is 702. The fourth-order valence-corrected chi connectivity index (χ4v) is 1.99. The standard InChI is InChI=1S/C14H13N5O/c15-7-12-14(16-8-13(20)17-9-5-6-9)10-3-1-2-4-11(10)18-19-12/h1-4,9H,5-6,8H2,(H,16,18)(H,17,20). The van der Waals surface area contributed by atoms with Gasteiger partial charge in [-0.2, -0.15) is 5.26 Å². The molecule has 6 heteroatoms. The van der Waals surface area contributed by atoms with E-state index in [1.165, 1.54) is 0 Å². The number of aromatic nitrogens is 2. The van der Waals surface area contributed by atoms with E-state index in [0.29, 0.717) is 17.2 Å². The number of hydrogen-bond acceptors (Lipinski definition) is 5. The third-order valence-corrected chi connectivity index (χ3v) is 3.14. The van der Waals surface area contributed by atoms with Crippen molar-refractivity contribution in [2.75, 3.05) is 11.9 Å². The van der Waals surface area contributed by atoms with Gasteiger partial charge in [-0.05, 0) is 18.9 Å². The van der Waals surface area contributed by atoms with E-state index >= 15 is 0 Å². The van der Waals surface area contributed by atoms with Crippen molar-refractivity contribution in [3.05, 3.63) is 30.0 Å². The van der Waals surface area contributed by atoms with Crippen LogP contribution in [-0.4, -0.2) is 28.7 Å². The number of hydrogen-bond donors (Lipinski definition) is 2. The molecule has 0 bridgehead atoms. The van der Waals surface area contributed by atoms with E-state index in [1.54, 1.807) is 0 Å². The zero-order valence-corrected chi connectivity index (χ0v) is 10.8. The second kappa shape index (κ2) is 5.13. The summed E-state index contributed by atoms with van der Waals surface area (Å²) in [6.07, 6.45) is 2.10. The molecule has 1 saturated carbocycles. The van der Waals surface area contributed by atoms with Crippen LogP contribution in [-0.2, 0) is 4.79 Å². The number of nitrogens with one attached hydrogen (secondary N) is 2. The van der Waals surface area contributed by atoms with Gasteiger partial charge in [-0.25, -0.2) is 0 Å². The monoisotopic (exact) mass is 267 g/mol. The van der Waals surface area contributed by atoms with Crippen molar-refractivity contribution in [1.29, 1.82) is 5.26 Å². The Hall–Kier alpha value is -2.68. The predicted octanol–water partition coefficient (Wildman–Crippen LogP) is 1.19. The lowest BCUT2D eigenvalue weighted by molar-refractivity contribution is -0.119. The molecule has 1 aliphatic carbocycles. The molecular formula is C14H13N5O. The maximum absolute atomic E-state index is 11.7. The van der Waals surface area contributed by atoms with Gasteiger partial charge in [0.1, 0.15) is 6.07 Å². The largest absolute Gasteiger partial charge is 0.373 e. The topological polar surface area (TPSA) is 90.7 Å². The highest BCUT2D eigenvalue weighted by Gasteiger charge is 2.23. The molecule has 0 spiro atoms. The summed E-state index contributed by atoms with van der Waals surface area (Å²) in [5, 5.41) is 23.6. The maximum Gasteiger partial charge on any atom is 0.239 e. The van der Waals surface area contributed by atoms with Crippen LogP contribution >= 0.6 is 0 Å². The van der Waals surface area contributed by atoms with Crippen molar-refractivity contribution in [3.8, 4) is 6.07 Å². The summed E-state index contributed by atoms with van der Waals surface area (Å²) in [4.78, 5) is 11.7. The first-order chi connectivity index (χ1) is 9.78. The lowest BCUT2D eigenvalue weighted by Crippen LogP contribution is -2.31. The summed E-state index contributed by atoms with van der Waals surface area (Å²) in [7, 11) is 0. The number of carbonyl (C=O) groups is 1. The van der Waals surface area contributed by atoms with Gasteiger partial charge in [0, 0.05) is 11.4 Å². The van der Waals surface area contributed by atoms with Crippen LogP contribution in [0.2, 0.25) is 0 Å². The average molecular weight is 267 g/mol. The molecule has 6 nitrogen and oxygen atoms in total. The van der Waals surface area contributed by atoms with Gasteiger partial charge in [-0.1, -0.05) is 18.2 Å². The van der Waals surface area contributed by atoms with Gasteiger partial charge in [0.15, 0.2) is 5.69 Å². The van der Waals surface area contributed by atoms with Crippen LogP contribution in [0.15, 0.2) is 24.3 Å². The van der Waals surface area contributed by atoms with Gasteiger partial charge in [0.2, 0.25) is 5.91 Å². The fraction of sp³-hybridized carbons (Fsp3) is 0.286. The third-order valence-electron chi connectivity index (χ3n) is 3.14. The zero-order valence-electron chi connectivity index (χ0n) is 10.8. The average Bonchev–Trinajstić information content (AvgIpc) is 3.28. The van der Waals surface area contributed by atoms with E-state index in [9.17, 15) is 4.79 Å². The highest BCUT2D eigenvalue weighted by molar-refractivity contribution is 5.94. The number of amides is 1. The van der Waals surface area contributed by atoms with Crippen LogP contribution in [0.3, 0.4) is 0 Å². The van der Waals surface area contributed by atoms with Crippen molar-refractivity contribution in [1.82, 2.24) is 15.5 Å². The molecule has 0 radical (unpaired) electrons. The van der Waals surface area contributed by atoms with Crippen molar-refractivity contribution < 1.29 is 4.79 Å². The molecule has 1 aromatic carbocycles. The van der Waals surface area contributed by atoms with Crippen LogP contribution in [0.25, 0.3) is 10.9 Å². The van der Waals surface area contributed by atoms with Crippen LogP contribution in [0.1, 0.15) is 18.5 Å². The number of benzene rings is 1. The van der Waals surface area contributed by atoms with Gasteiger partial charge in [-0.3, -0.25) is 4.79 Å². The Morgan fingerprint density at radius 2 is 2.15 bits per heavy atom. The van der Waals surface area contributed by atoms with Gasteiger partial charge in [0.25, 0.3) is 0 Å². The second-order valence-electron chi connectivity index (χ2n) is 4.75. The van der Waals surface area contributed by atoms with E-state index in [-0.39, 0.29) is 18.1 Å². The minimum atomic E-state index is -0.0720. The Kier molecular flexibility index (Phi) is 3.17. The highest BCUT2D eigenvalue weighted by Crippen LogP contribution is 2.23. The minimum absolute atomic E-state index is 0.0720. The SMILES string of the molecule is N#Cc1nnc2ccccc2c1NCC(=O)NC1CC1. The number of nitrogens with zero attached hydrogens (tertiary/aromatic N) is 3. The lowest BCUT2D eigenvalue weighted by Gasteiger charge is -2.10. The highest BCUT2D eigenvalue weighted by atomic mass is 16.2. The number of nitriles is 1. The first-order valence-electron chi connectivity index (χ1n) is 6.46. The second-order valence-corrected chi connectivity index (χ2v) is 4.75. The number of rotatable bonds is 4. The Morgan fingerprint density at radius 1 is 1.35 bits per heavy atom. The van der Waals surface area contributed by atoms with E-state index in [1.807, 2.05) is 30.3 Å². The van der Waals surface area contributed by atoms with E-state index in [4.69, 9.17) is 5.26 Å². The smallest absolute Gasteiger partial charge is 0.239 e. The van der Waals surface area contributed by atoms with E-state index in [0.717, 1.165) is 18.2 Å². The summed E-state index contributed by atoms with van der Waals surface area (Å²) < 4.78 is 0. The number of anilines is 1. The third kappa shape index (κ3) is 2.52. The molecule has 3 rings (SSSR count). The molecule has 1 aliphatic rings. The molecule has 100 valence electrons. The zero-order chi connectivity index (χ0) is 13.9. The molecule has 2 N–H and O–H groups in total. The summed E-state index contributed by atoms with van der Waals surface area (Å²) in [5.74, 6) is -0.0720. The molecule has 1 heterocycles. The summed E-state index contributed by atoms with van der Waals surface area (Å²) >= 11 is 0. The molecule has 20 heavy (non-hydrogen) atoms. The van der Waals surface area contributed by atoms with Crippen molar-refractivity contribution in [3.63, 3.8) is 0 Å². The first-order valence-corrected chi connectivity index (χ1v) is 6.46. The van der Waals surface area contributed by atoms with Crippen LogP contribution in [0.4, 0.5) is 5.69 Å². The normalized spacial score (nSPS) is 13.8. The molecule has 1 fully saturated rings. The molecule has 0 unspecified atom stereocenters. The van der Waals surface area contributed by atoms with Gasteiger partial charge in [0.05, 0.1) is 17.7 Å². The van der Waals surface area contributed by atoms with Crippen molar-refractivity contribution >= 4 is 22.5 Å². The first kappa shape index (κ1) is 12.4. The van der Waals surface area contributed by atoms with Crippen molar-refractivity contribution in [2.24, 2.45) is 0 Å².